The molecule has 1 atom stereocenters. The van der Waals surface area contributed by atoms with Crippen molar-refractivity contribution in [3.63, 3.8) is 0 Å². The van der Waals surface area contributed by atoms with Gasteiger partial charge in [0.25, 0.3) is 0 Å². The highest BCUT2D eigenvalue weighted by atomic mass is 79.9. The molecule has 3 N–H and O–H groups in total. The fourth-order valence-corrected chi connectivity index (χ4v) is 2.94. The number of halogens is 2. The van der Waals surface area contributed by atoms with Crippen LogP contribution in [0.5, 0.6) is 5.75 Å². The van der Waals surface area contributed by atoms with Gasteiger partial charge >= 0.3 is 0 Å². The lowest BCUT2D eigenvalue weighted by Gasteiger charge is -2.22. The molecule has 0 aromatic heterocycles. The van der Waals surface area contributed by atoms with Gasteiger partial charge in [-0.2, -0.15) is 0 Å². The smallest absolute Gasteiger partial charge is 0.115 e. The fraction of sp³-hybridized carbons (Fsp3) is 0.250. The molecule has 3 nitrogen and oxygen atoms in total. The molecule has 112 valence electrons. The van der Waals surface area contributed by atoms with Crippen molar-refractivity contribution in [2.24, 2.45) is 5.73 Å². The Morgan fingerprint density at radius 1 is 1.24 bits per heavy atom. The van der Waals surface area contributed by atoms with Gasteiger partial charge in [0.05, 0.1) is 0 Å². The summed E-state index contributed by atoms with van der Waals surface area (Å²) in [6, 6.07) is 12.8. The molecule has 0 saturated heterocycles. The molecule has 2 aromatic carbocycles. The molecule has 1 unspecified atom stereocenters. The Morgan fingerprint density at radius 2 is 1.90 bits per heavy atom. The molecule has 0 amide bonds. The largest absolute Gasteiger partial charge is 0.508 e. The number of hydrogen-bond donors (Lipinski definition) is 2. The summed E-state index contributed by atoms with van der Waals surface area (Å²) in [5.74, 6) is 0.269. The fourth-order valence-electron chi connectivity index (χ4n) is 2.13. The molecule has 21 heavy (non-hydrogen) atoms. The standard InChI is InChI=1S/C16H18BrClN2O/c1-20(12-3-5-13(21)6-4-12)9-8-16(19)14-7-2-11(17)10-15(14)18/h2-7,10,16,21H,8-9,19H2,1H3. The molecule has 0 aliphatic rings. The zero-order chi connectivity index (χ0) is 15.4. The second kappa shape index (κ2) is 7.16. The lowest BCUT2D eigenvalue weighted by Crippen LogP contribution is -2.23. The molecule has 0 aliphatic heterocycles. The van der Waals surface area contributed by atoms with Crippen molar-refractivity contribution in [2.75, 3.05) is 18.5 Å². The van der Waals surface area contributed by atoms with Crippen LogP contribution in [-0.4, -0.2) is 18.7 Å². The Balaban J connectivity index is 1.97. The van der Waals surface area contributed by atoms with Crippen molar-refractivity contribution in [1.82, 2.24) is 0 Å². The summed E-state index contributed by atoms with van der Waals surface area (Å²) < 4.78 is 0.949. The average Bonchev–Trinajstić information content (AvgIpc) is 2.45. The minimum Gasteiger partial charge on any atom is -0.508 e. The second-order valence-electron chi connectivity index (χ2n) is 5.00. The third-order valence-corrected chi connectivity index (χ3v) is 4.25. The summed E-state index contributed by atoms with van der Waals surface area (Å²) in [4.78, 5) is 2.10. The Hall–Kier alpha value is -1.23. The summed E-state index contributed by atoms with van der Waals surface area (Å²) >= 11 is 9.61. The van der Waals surface area contributed by atoms with Crippen molar-refractivity contribution in [3.8, 4) is 5.75 Å². The number of benzene rings is 2. The predicted molar refractivity (Wildman–Crippen MR) is 92.1 cm³/mol. The van der Waals surface area contributed by atoms with Gasteiger partial charge in [-0.05, 0) is 48.4 Å². The normalized spacial score (nSPS) is 12.2. The van der Waals surface area contributed by atoms with Gasteiger partial charge in [-0.3, -0.25) is 0 Å². The lowest BCUT2D eigenvalue weighted by molar-refractivity contribution is 0.475. The number of nitrogens with two attached hydrogens (primary N) is 1. The number of phenolic OH excluding ortho intramolecular Hbond substituents is 1. The second-order valence-corrected chi connectivity index (χ2v) is 6.32. The molecule has 0 heterocycles. The maximum absolute atomic E-state index is 9.30. The Morgan fingerprint density at radius 3 is 2.52 bits per heavy atom. The van der Waals surface area contributed by atoms with Gasteiger partial charge in [-0.25, -0.2) is 0 Å². The summed E-state index contributed by atoms with van der Waals surface area (Å²) in [6.07, 6.45) is 0.790. The van der Waals surface area contributed by atoms with Gasteiger partial charge in [0.1, 0.15) is 5.75 Å². The van der Waals surface area contributed by atoms with E-state index in [1.807, 2.05) is 37.4 Å². The van der Waals surface area contributed by atoms with Crippen molar-refractivity contribution >= 4 is 33.2 Å². The summed E-state index contributed by atoms with van der Waals surface area (Å²) in [5, 5.41) is 9.99. The zero-order valence-electron chi connectivity index (χ0n) is 11.8. The van der Waals surface area contributed by atoms with Gasteiger partial charge in [-0.15, -0.1) is 0 Å². The highest BCUT2D eigenvalue weighted by Gasteiger charge is 2.12. The number of anilines is 1. The van der Waals surface area contributed by atoms with Crippen molar-refractivity contribution < 1.29 is 5.11 Å². The first-order valence-electron chi connectivity index (χ1n) is 6.68. The topological polar surface area (TPSA) is 49.5 Å². The molecule has 5 heteroatoms. The molecule has 2 rings (SSSR count). The van der Waals surface area contributed by atoms with E-state index in [0.717, 1.165) is 28.7 Å². The van der Waals surface area contributed by atoms with E-state index in [9.17, 15) is 5.11 Å². The van der Waals surface area contributed by atoms with Crippen molar-refractivity contribution in [3.05, 3.63) is 57.5 Å². The van der Waals surface area contributed by atoms with Crippen LogP contribution in [0.4, 0.5) is 5.69 Å². The van der Waals surface area contributed by atoms with Crippen molar-refractivity contribution in [1.29, 1.82) is 0 Å². The molecule has 0 aliphatic carbocycles. The highest BCUT2D eigenvalue weighted by Crippen LogP contribution is 2.27. The van der Waals surface area contributed by atoms with Crippen LogP contribution in [0.1, 0.15) is 18.0 Å². The summed E-state index contributed by atoms with van der Waals surface area (Å²) in [7, 11) is 2.00. The Labute approximate surface area is 138 Å². The van der Waals surface area contributed by atoms with E-state index < -0.39 is 0 Å². The number of phenols is 1. The van der Waals surface area contributed by atoms with E-state index in [4.69, 9.17) is 17.3 Å². The van der Waals surface area contributed by atoms with E-state index in [-0.39, 0.29) is 11.8 Å². The van der Waals surface area contributed by atoms with Gasteiger partial charge in [-0.1, -0.05) is 33.6 Å². The molecule has 0 radical (unpaired) electrons. The maximum Gasteiger partial charge on any atom is 0.115 e. The van der Waals surface area contributed by atoms with Crippen LogP contribution < -0.4 is 10.6 Å². The Bertz CT molecular complexity index is 604. The molecule has 0 saturated carbocycles. The number of nitrogens with zero attached hydrogens (tertiary/aromatic N) is 1. The van der Waals surface area contributed by atoms with Crippen LogP contribution in [0, 0.1) is 0 Å². The molecule has 0 spiro atoms. The first kappa shape index (κ1) is 16.1. The lowest BCUT2D eigenvalue weighted by atomic mass is 10.0. The number of aromatic hydroxyl groups is 1. The molecular formula is C16H18BrClN2O. The van der Waals surface area contributed by atoms with Gasteiger partial charge in [0.2, 0.25) is 0 Å². The van der Waals surface area contributed by atoms with Crippen LogP contribution in [0.3, 0.4) is 0 Å². The van der Waals surface area contributed by atoms with E-state index in [0.29, 0.717) is 5.02 Å². The van der Waals surface area contributed by atoms with E-state index in [2.05, 4.69) is 20.8 Å². The average molecular weight is 370 g/mol. The van der Waals surface area contributed by atoms with Crippen LogP contribution in [0.2, 0.25) is 5.02 Å². The summed E-state index contributed by atoms with van der Waals surface area (Å²) in [6.45, 7) is 0.804. The molecule has 0 bridgehead atoms. The maximum atomic E-state index is 9.30. The van der Waals surface area contributed by atoms with Crippen LogP contribution >= 0.6 is 27.5 Å². The third-order valence-electron chi connectivity index (χ3n) is 3.43. The number of hydrogen-bond acceptors (Lipinski definition) is 3. The molecule has 2 aromatic rings. The van der Waals surface area contributed by atoms with E-state index in [1.54, 1.807) is 12.1 Å². The predicted octanol–water partition coefficient (Wildman–Crippen LogP) is 4.33. The minimum absolute atomic E-state index is 0.106. The van der Waals surface area contributed by atoms with Gasteiger partial charge < -0.3 is 15.7 Å². The van der Waals surface area contributed by atoms with Gasteiger partial charge in [0.15, 0.2) is 0 Å². The van der Waals surface area contributed by atoms with Crippen LogP contribution in [-0.2, 0) is 0 Å². The third kappa shape index (κ3) is 4.37. The first-order chi connectivity index (χ1) is 9.97. The SMILES string of the molecule is CN(CCC(N)c1ccc(Br)cc1Cl)c1ccc(O)cc1. The quantitative estimate of drug-likeness (QED) is 0.824. The number of rotatable bonds is 5. The Kier molecular flexibility index (Phi) is 5.51. The van der Waals surface area contributed by atoms with Crippen LogP contribution in [0.15, 0.2) is 46.9 Å². The first-order valence-corrected chi connectivity index (χ1v) is 7.85. The van der Waals surface area contributed by atoms with Crippen molar-refractivity contribution in [2.45, 2.75) is 12.5 Å². The minimum atomic E-state index is -0.106. The monoisotopic (exact) mass is 368 g/mol. The van der Waals surface area contributed by atoms with Crippen LogP contribution in [0.25, 0.3) is 0 Å². The van der Waals surface area contributed by atoms with Gasteiger partial charge in [0, 0.05) is 34.8 Å². The highest BCUT2D eigenvalue weighted by molar-refractivity contribution is 9.10. The molecule has 0 fully saturated rings. The summed E-state index contributed by atoms with van der Waals surface area (Å²) in [5.41, 5.74) is 8.23. The molecular weight excluding hydrogens is 352 g/mol. The van der Waals surface area contributed by atoms with E-state index >= 15 is 0 Å². The zero-order valence-corrected chi connectivity index (χ0v) is 14.1. The van der Waals surface area contributed by atoms with E-state index in [1.165, 1.54) is 0 Å².